The van der Waals surface area contributed by atoms with Crippen molar-refractivity contribution >= 4 is 40.9 Å². The van der Waals surface area contributed by atoms with E-state index in [0.717, 1.165) is 80.5 Å². The fourth-order valence-corrected chi connectivity index (χ4v) is 6.50. The molecule has 0 saturated carbocycles. The number of aryl methyl sites for hydroxylation is 2. The smallest absolute Gasteiger partial charge is 0.305 e. The van der Waals surface area contributed by atoms with Crippen LogP contribution in [-0.2, 0) is 17.6 Å². The highest BCUT2D eigenvalue weighted by Gasteiger charge is 2.36. The van der Waals surface area contributed by atoms with Crippen LogP contribution in [0.2, 0.25) is 5.15 Å². The van der Waals surface area contributed by atoms with E-state index in [1.807, 2.05) is 24.3 Å². The summed E-state index contributed by atoms with van der Waals surface area (Å²) < 4.78 is 6.23. The van der Waals surface area contributed by atoms with Gasteiger partial charge in [0.05, 0.1) is 39.7 Å². The highest BCUT2D eigenvalue weighted by molar-refractivity contribution is 6.31. The molecule has 1 amide bonds. The SMILES string of the molecule is COc1ccc(CCC[N+]2(CCCc3ccc(C(=O)NCCC(=O)O)cc3)CCCC(CC(=O)c3nc(Cl)c(N)nc3N)C2)cc1. The zero-order valence-corrected chi connectivity index (χ0v) is 27.1. The van der Waals surface area contributed by atoms with Crippen LogP contribution in [0.5, 0.6) is 5.75 Å². The highest BCUT2D eigenvalue weighted by atomic mass is 35.5. The lowest BCUT2D eigenvalue weighted by Crippen LogP contribution is -2.55. The average molecular weight is 652 g/mol. The van der Waals surface area contributed by atoms with Crippen molar-refractivity contribution < 1.29 is 28.7 Å². The maximum atomic E-state index is 13.3. The van der Waals surface area contributed by atoms with Gasteiger partial charge in [-0.05, 0) is 61.1 Å². The molecular weight excluding hydrogens is 608 g/mol. The molecule has 246 valence electrons. The third-order valence-corrected chi connectivity index (χ3v) is 9.01. The van der Waals surface area contributed by atoms with Gasteiger partial charge in [-0.15, -0.1) is 0 Å². The Morgan fingerprint density at radius 3 is 2.22 bits per heavy atom. The number of carboxylic acid groups (broad SMARTS) is 1. The zero-order valence-electron chi connectivity index (χ0n) is 26.3. The van der Waals surface area contributed by atoms with E-state index in [2.05, 4.69) is 27.4 Å². The number of carboxylic acids is 1. The van der Waals surface area contributed by atoms with Gasteiger partial charge in [-0.3, -0.25) is 14.4 Å². The van der Waals surface area contributed by atoms with Crippen molar-refractivity contribution in [2.75, 3.05) is 51.3 Å². The second kappa shape index (κ2) is 16.4. The molecule has 6 N–H and O–H groups in total. The molecule has 0 radical (unpaired) electrons. The molecule has 1 aliphatic rings. The van der Waals surface area contributed by atoms with Gasteiger partial charge in [0.15, 0.2) is 22.6 Å². The molecule has 1 fully saturated rings. The first-order valence-corrected chi connectivity index (χ1v) is 16.1. The van der Waals surface area contributed by atoms with Crippen LogP contribution >= 0.6 is 11.6 Å². The molecule has 1 aliphatic heterocycles. The molecule has 12 heteroatoms. The third kappa shape index (κ3) is 9.89. The number of rotatable bonds is 16. The molecule has 46 heavy (non-hydrogen) atoms. The van der Waals surface area contributed by atoms with Crippen LogP contribution in [0.25, 0.3) is 0 Å². The van der Waals surface area contributed by atoms with E-state index in [1.165, 1.54) is 5.56 Å². The monoisotopic (exact) mass is 651 g/mol. The number of ether oxygens (including phenoxy) is 1. The molecule has 4 rings (SSSR count). The van der Waals surface area contributed by atoms with Crippen molar-refractivity contribution in [2.45, 2.75) is 51.4 Å². The minimum Gasteiger partial charge on any atom is -0.497 e. The summed E-state index contributed by atoms with van der Waals surface area (Å²) in [6, 6.07) is 15.7. The lowest BCUT2D eigenvalue weighted by Gasteiger charge is -2.45. The van der Waals surface area contributed by atoms with Gasteiger partial charge in [0, 0.05) is 37.3 Å². The van der Waals surface area contributed by atoms with Gasteiger partial charge in [0.1, 0.15) is 11.4 Å². The Labute approximate surface area is 274 Å². The molecule has 1 saturated heterocycles. The van der Waals surface area contributed by atoms with Crippen molar-refractivity contribution in [2.24, 2.45) is 5.92 Å². The summed E-state index contributed by atoms with van der Waals surface area (Å²) in [5.74, 6) is -0.358. The minimum absolute atomic E-state index is 0.00622. The number of Topliss-reactive ketones (excluding diaryl/α,β-unsaturated/α-hetero) is 1. The van der Waals surface area contributed by atoms with E-state index in [-0.39, 0.29) is 53.1 Å². The Balaban J connectivity index is 1.40. The molecular formula is C34H44ClN6O5+. The van der Waals surface area contributed by atoms with E-state index in [1.54, 1.807) is 19.2 Å². The first-order valence-electron chi connectivity index (χ1n) is 15.8. The standard InChI is InChI=1S/C34H43ClN6O5/c1-46-27-14-10-24(11-15-27)6-3-19-41(18-2-5-23-8-12-26(13-9-23)34(45)38-17-16-29(43)44)20-4-7-25(22-41)21-28(42)30-32(36)40-33(37)31(35)39-30/h8-15,25H,2-7,16-22H2,1H3,(H5-,36,37,38,40,42,43,44,45)/p+1. The molecule has 2 heterocycles. The quantitative estimate of drug-likeness (QED) is 0.128. The van der Waals surface area contributed by atoms with Crippen molar-refractivity contribution in [3.63, 3.8) is 0 Å². The first-order chi connectivity index (χ1) is 22.1. The van der Waals surface area contributed by atoms with Crippen molar-refractivity contribution in [1.82, 2.24) is 15.3 Å². The Morgan fingerprint density at radius 2 is 1.61 bits per heavy atom. The summed E-state index contributed by atoms with van der Waals surface area (Å²) >= 11 is 6.05. The second-order valence-electron chi connectivity index (χ2n) is 12.1. The van der Waals surface area contributed by atoms with Crippen molar-refractivity contribution in [1.29, 1.82) is 0 Å². The third-order valence-electron chi connectivity index (χ3n) is 8.73. The Hall–Kier alpha value is -4.22. The lowest BCUT2D eigenvalue weighted by molar-refractivity contribution is -0.936. The van der Waals surface area contributed by atoms with Crippen molar-refractivity contribution in [3.05, 3.63) is 76.1 Å². The van der Waals surface area contributed by atoms with E-state index >= 15 is 0 Å². The lowest BCUT2D eigenvalue weighted by atomic mass is 9.89. The summed E-state index contributed by atoms with van der Waals surface area (Å²) in [6.45, 7) is 4.01. The maximum absolute atomic E-state index is 13.3. The van der Waals surface area contributed by atoms with Crippen LogP contribution < -0.4 is 21.5 Å². The number of halogens is 1. The minimum atomic E-state index is -0.950. The number of hydrogen-bond donors (Lipinski definition) is 4. The number of piperidine rings is 1. The fraction of sp³-hybridized carbons (Fsp3) is 0.441. The van der Waals surface area contributed by atoms with Crippen LogP contribution in [0.1, 0.15) is 70.5 Å². The number of nitrogens with one attached hydrogen (secondary N) is 1. The van der Waals surface area contributed by atoms with Gasteiger partial charge in [0.25, 0.3) is 5.91 Å². The van der Waals surface area contributed by atoms with E-state index < -0.39 is 5.97 Å². The van der Waals surface area contributed by atoms with E-state index in [9.17, 15) is 14.4 Å². The molecule has 2 atom stereocenters. The summed E-state index contributed by atoms with van der Waals surface area (Å²) in [7, 11) is 1.67. The number of ketones is 1. The predicted octanol–water partition coefficient (Wildman–Crippen LogP) is 4.57. The summed E-state index contributed by atoms with van der Waals surface area (Å²) in [5, 5.41) is 11.4. The number of hydrogen-bond acceptors (Lipinski definition) is 8. The van der Waals surface area contributed by atoms with Crippen LogP contribution in [0, 0.1) is 5.92 Å². The number of nitrogen functional groups attached to an aromatic ring is 2. The number of carbonyl (C=O) groups excluding carboxylic acids is 2. The van der Waals surface area contributed by atoms with Gasteiger partial charge in [-0.1, -0.05) is 35.9 Å². The number of anilines is 2. The van der Waals surface area contributed by atoms with Crippen LogP contribution in [-0.4, -0.2) is 77.1 Å². The van der Waals surface area contributed by atoms with Gasteiger partial charge >= 0.3 is 5.97 Å². The normalized spacial score (nSPS) is 17.7. The molecule has 11 nitrogen and oxygen atoms in total. The van der Waals surface area contributed by atoms with E-state index in [4.69, 9.17) is 32.9 Å². The summed E-state index contributed by atoms with van der Waals surface area (Å²) in [6.07, 6.45) is 5.99. The predicted molar refractivity (Wildman–Crippen MR) is 178 cm³/mol. The largest absolute Gasteiger partial charge is 0.497 e. The van der Waals surface area contributed by atoms with Gasteiger partial charge in [-0.25, -0.2) is 9.97 Å². The van der Waals surface area contributed by atoms with Gasteiger partial charge in [0.2, 0.25) is 0 Å². The Kier molecular flexibility index (Phi) is 12.3. The van der Waals surface area contributed by atoms with Crippen LogP contribution in [0.4, 0.5) is 11.6 Å². The molecule has 2 unspecified atom stereocenters. The average Bonchev–Trinajstić information content (AvgIpc) is 3.03. The van der Waals surface area contributed by atoms with Crippen molar-refractivity contribution in [3.8, 4) is 5.75 Å². The highest BCUT2D eigenvalue weighted by Crippen LogP contribution is 2.30. The number of aromatic nitrogens is 2. The number of aliphatic carboxylic acids is 1. The first kappa shape index (κ1) is 34.6. The number of nitrogens with two attached hydrogens (primary N) is 2. The fourth-order valence-electron chi connectivity index (χ4n) is 6.37. The van der Waals surface area contributed by atoms with Gasteiger partial charge in [-0.2, -0.15) is 0 Å². The zero-order chi connectivity index (χ0) is 33.1. The Morgan fingerprint density at radius 1 is 0.978 bits per heavy atom. The number of quaternary nitrogens is 1. The summed E-state index contributed by atoms with van der Waals surface area (Å²) in [4.78, 5) is 44.4. The molecule has 2 aromatic carbocycles. The molecule has 1 aromatic heterocycles. The molecule has 0 spiro atoms. The van der Waals surface area contributed by atoms with E-state index in [0.29, 0.717) is 12.0 Å². The number of likely N-dealkylation sites (tertiary alicyclic amines) is 1. The number of benzene rings is 2. The van der Waals surface area contributed by atoms with Crippen LogP contribution in [0.3, 0.4) is 0 Å². The van der Waals surface area contributed by atoms with Gasteiger partial charge < -0.3 is 31.1 Å². The number of carbonyl (C=O) groups is 3. The van der Waals surface area contributed by atoms with Crippen LogP contribution in [0.15, 0.2) is 48.5 Å². The second-order valence-corrected chi connectivity index (χ2v) is 12.5. The number of amides is 1. The molecule has 0 bridgehead atoms. The molecule has 3 aromatic rings. The number of nitrogens with zero attached hydrogens (tertiary/aromatic N) is 3. The number of methoxy groups -OCH3 is 1. The Bertz CT molecular complexity index is 1500. The maximum Gasteiger partial charge on any atom is 0.305 e. The summed E-state index contributed by atoms with van der Waals surface area (Å²) in [5.41, 5.74) is 14.7. The molecule has 0 aliphatic carbocycles. The topological polar surface area (TPSA) is 171 Å².